The largest absolute Gasteiger partial charge is 0.378 e. The van der Waals surface area contributed by atoms with Gasteiger partial charge < -0.3 is 15.0 Å². The van der Waals surface area contributed by atoms with Gasteiger partial charge in [-0.2, -0.15) is 0 Å². The average Bonchev–Trinajstić information content (AvgIpc) is 3.34. The first-order valence-corrected chi connectivity index (χ1v) is 11.5. The lowest BCUT2D eigenvalue weighted by Gasteiger charge is -2.29. The zero-order valence-corrected chi connectivity index (χ0v) is 19.8. The van der Waals surface area contributed by atoms with Gasteiger partial charge >= 0.3 is 6.03 Å². The number of benzene rings is 2. The van der Waals surface area contributed by atoms with E-state index in [4.69, 9.17) is 16.3 Å². The molecule has 178 valence electrons. The van der Waals surface area contributed by atoms with Gasteiger partial charge in [-0.3, -0.25) is 14.3 Å². The van der Waals surface area contributed by atoms with Crippen molar-refractivity contribution in [3.8, 4) is 0 Å². The molecule has 1 saturated heterocycles. The number of halogens is 1. The van der Waals surface area contributed by atoms with Crippen LogP contribution in [0.5, 0.6) is 0 Å². The van der Waals surface area contributed by atoms with E-state index in [2.05, 4.69) is 20.2 Å². The molecule has 1 aliphatic heterocycles. The number of hydrogen-bond donors (Lipinski definition) is 1. The molecule has 0 saturated carbocycles. The molecule has 35 heavy (non-hydrogen) atoms. The summed E-state index contributed by atoms with van der Waals surface area (Å²) in [5.74, 6) is -0.229. The summed E-state index contributed by atoms with van der Waals surface area (Å²) in [6.07, 6.45) is 2.93. The predicted molar refractivity (Wildman–Crippen MR) is 136 cm³/mol. The lowest BCUT2D eigenvalue weighted by Crippen LogP contribution is -2.36. The standard InChI is InChI=1S/C25H23ClN6O3/c1-30(25(34)32-10-9-21-22(26)27-16-28-23(21)32)19-7-5-17(6-8-19)24(33)29-18-3-2-4-20(15-18)31-11-13-35-14-12-31/h2-10,15-16H,11-14H2,1H3,(H,29,33). The zero-order valence-electron chi connectivity index (χ0n) is 19.0. The molecule has 0 bridgehead atoms. The van der Waals surface area contributed by atoms with Crippen molar-refractivity contribution in [3.05, 3.63) is 77.8 Å². The van der Waals surface area contributed by atoms with Crippen LogP contribution in [0.1, 0.15) is 10.4 Å². The lowest BCUT2D eigenvalue weighted by atomic mass is 10.1. The molecule has 0 aliphatic carbocycles. The van der Waals surface area contributed by atoms with Crippen LogP contribution in [0.2, 0.25) is 5.15 Å². The van der Waals surface area contributed by atoms with Gasteiger partial charge in [-0.25, -0.2) is 14.8 Å². The van der Waals surface area contributed by atoms with Crippen LogP contribution in [-0.4, -0.2) is 59.8 Å². The van der Waals surface area contributed by atoms with Crippen molar-refractivity contribution < 1.29 is 14.3 Å². The Labute approximate surface area is 206 Å². The summed E-state index contributed by atoms with van der Waals surface area (Å²) in [4.78, 5) is 37.7. The van der Waals surface area contributed by atoms with Gasteiger partial charge in [-0.05, 0) is 48.5 Å². The van der Waals surface area contributed by atoms with Crippen LogP contribution in [0.4, 0.5) is 21.9 Å². The van der Waals surface area contributed by atoms with E-state index in [9.17, 15) is 9.59 Å². The SMILES string of the molecule is CN(C(=O)n1ccc2c(Cl)ncnc21)c1ccc(C(=O)Nc2cccc(N3CCOCC3)c2)cc1. The van der Waals surface area contributed by atoms with E-state index in [-0.39, 0.29) is 17.1 Å². The molecule has 1 fully saturated rings. The molecule has 1 N–H and O–H groups in total. The Morgan fingerprint density at radius 3 is 2.60 bits per heavy atom. The van der Waals surface area contributed by atoms with Crippen molar-refractivity contribution in [1.29, 1.82) is 0 Å². The fourth-order valence-electron chi connectivity index (χ4n) is 3.99. The highest BCUT2D eigenvalue weighted by Crippen LogP contribution is 2.23. The number of amides is 2. The molecule has 2 aromatic heterocycles. The van der Waals surface area contributed by atoms with Gasteiger partial charge in [0.1, 0.15) is 11.5 Å². The fourth-order valence-corrected chi connectivity index (χ4v) is 4.18. The molecule has 2 amide bonds. The molecular weight excluding hydrogens is 468 g/mol. The Morgan fingerprint density at radius 1 is 1.06 bits per heavy atom. The first kappa shape index (κ1) is 22.8. The number of ether oxygens (including phenoxy) is 1. The maximum Gasteiger partial charge on any atom is 0.334 e. The lowest BCUT2D eigenvalue weighted by molar-refractivity contribution is 0.102. The van der Waals surface area contributed by atoms with Crippen LogP contribution >= 0.6 is 11.6 Å². The van der Waals surface area contributed by atoms with Crippen LogP contribution in [0, 0.1) is 0 Å². The summed E-state index contributed by atoms with van der Waals surface area (Å²) in [6.45, 7) is 3.04. The number of hydrogen-bond acceptors (Lipinski definition) is 6. The summed E-state index contributed by atoms with van der Waals surface area (Å²) in [7, 11) is 1.66. The van der Waals surface area contributed by atoms with Gasteiger partial charge in [0.15, 0.2) is 5.65 Å². The van der Waals surface area contributed by atoms with E-state index in [1.807, 2.05) is 24.3 Å². The van der Waals surface area contributed by atoms with Crippen LogP contribution in [0.3, 0.4) is 0 Å². The third-order valence-corrected chi connectivity index (χ3v) is 6.22. The minimum Gasteiger partial charge on any atom is -0.378 e. The molecule has 0 unspecified atom stereocenters. The number of aromatic nitrogens is 3. The molecule has 9 nitrogen and oxygen atoms in total. The number of anilines is 3. The van der Waals surface area contributed by atoms with Gasteiger partial charge in [0.2, 0.25) is 0 Å². The monoisotopic (exact) mass is 490 g/mol. The van der Waals surface area contributed by atoms with Crippen LogP contribution in [-0.2, 0) is 4.74 Å². The third-order valence-electron chi connectivity index (χ3n) is 5.92. The Kier molecular flexibility index (Phi) is 6.35. The number of carbonyl (C=O) groups excluding carboxylic acids is 2. The molecule has 4 aromatic rings. The van der Waals surface area contributed by atoms with Gasteiger partial charge in [0.25, 0.3) is 5.91 Å². The summed E-state index contributed by atoms with van der Waals surface area (Å²) >= 11 is 6.09. The second kappa shape index (κ2) is 9.73. The first-order valence-electron chi connectivity index (χ1n) is 11.1. The quantitative estimate of drug-likeness (QED) is 0.429. The zero-order chi connectivity index (χ0) is 24.4. The number of carbonyl (C=O) groups is 2. The maximum absolute atomic E-state index is 13.0. The number of nitrogens with zero attached hydrogens (tertiary/aromatic N) is 5. The topological polar surface area (TPSA) is 92.6 Å². The van der Waals surface area contributed by atoms with Crippen molar-refractivity contribution in [2.24, 2.45) is 0 Å². The summed E-state index contributed by atoms with van der Waals surface area (Å²) in [6, 6.07) is 16.0. The normalized spacial score (nSPS) is 13.6. The smallest absolute Gasteiger partial charge is 0.334 e. The Balaban J connectivity index is 1.28. The summed E-state index contributed by atoms with van der Waals surface area (Å²) in [5.41, 5.74) is 3.30. The van der Waals surface area contributed by atoms with Gasteiger partial charge in [-0.15, -0.1) is 0 Å². The van der Waals surface area contributed by atoms with Crippen molar-refractivity contribution >= 4 is 51.6 Å². The molecule has 2 aromatic carbocycles. The number of fused-ring (bicyclic) bond motifs is 1. The number of rotatable bonds is 4. The van der Waals surface area contributed by atoms with E-state index >= 15 is 0 Å². The molecule has 3 heterocycles. The highest BCUT2D eigenvalue weighted by molar-refractivity contribution is 6.34. The molecule has 5 rings (SSSR count). The first-order chi connectivity index (χ1) is 17.0. The maximum atomic E-state index is 13.0. The predicted octanol–water partition coefficient (Wildman–Crippen LogP) is 4.28. The second-order valence-electron chi connectivity index (χ2n) is 8.08. The molecule has 10 heteroatoms. The number of morpholine rings is 1. The summed E-state index contributed by atoms with van der Waals surface area (Å²) in [5, 5.41) is 3.83. The average molecular weight is 491 g/mol. The third kappa shape index (κ3) is 4.68. The highest BCUT2D eigenvalue weighted by Gasteiger charge is 2.18. The highest BCUT2D eigenvalue weighted by atomic mass is 35.5. The minimum atomic E-state index is -0.313. The van der Waals surface area contributed by atoms with Gasteiger partial charge in [-0.1, -0.05) is 17.7 Å². The number of nitrogens with one attached hydrogen (secondary N) is 1. The fraction of sp³-hybridized carbons (Fsp3) is 0.200. The van der Waals surface area contributed by atoms with E-state index in [1.54, 1.807) is 43.6 Å². The van der Waals surface area contributed by atoms with Crippen LogP contribution < -0.4 is 15.1 Å². The van der Waals surface area contributed by atoms with Crippen LogP contribution in [0.25, 0.3) is 11.0 Å². The van der Waals surface area contributed by atoms with E-state index < -0.39 is 0 Å². The second-order valence-corrected chi connectivity index (χ2v) is 8.44. The molecular formula is C25H23ClN6O3. The van der Waals surface area contributed by atoms with Crippen molar-refractivity contribution in [2.45, 2.75) is 0 Å². The van der Waals surface area contributed by atoms with E-state index in [0.717, 1.165) is 24.5 Å². The molecule has 1 aliphatic rings. The Bertz CT molecular complexity index is 1380. The molecule has 0 atom stereocenters. The summed E-state index contributed by atoms with van der Waals surface area (Å²) < 4.78 is 6.82. The molecule has 0 radical (unpaired) electrons. The van der Waals surface area contributed by atoms with E-state index in [0.29, 0.717) is 35.5 Å². The van der Waals surface area contributed by atoms with Gasteiger partial charge in [0.05, 0.1) is 18.6 Å². The van der Waals surface area contributed by atoms with Gasteiger partial charge in [0, 0.05) is 49.0 Å². The molecule has 0 spiro atoms. The van der Waals surface area contributed by atoms with Crippen molar-refractivity contribution in [3.63, 3.8) is 0 Å². The van der Waals surface area contributed by atoms with E-state index in [1.165, 1.54) is 15.8 Å². The van der Waals surface area contributed by atoms with Crippen molar-refractivity contribution in [2.75, 3.05) is 48.5 Å². The Morgan fingerprint density at radius 2 is 1.83 bits per heavy atom. The van der Waals surface area contributed by atoms with Crippen LogP contribution in [0.15, 0.2) is 67.1 Å². The minimum absolute atomic E-state index is 0.229. The van der Waals surface area contributed by atoms with Crippen molar-refractivity contribution in [1.82, 2.24) is 14.5 Å². The Hall–Kier alpha value is -3.95.